The standard InChI is InChI=1S/C9H7Cl2N5O/c1-4-2-3-5(10)7(6(4)11)12-9(17)8-13-15-16-14-8/h2-3H,1H3,(H,12,17)(H,13,14,15,16). The Kier molecular flexibility index (Phi) is 3.26. The predicted octanol–water partition coefficient (Wildman–Crippen LogP) is 2.07. The molecule has 8 heteroatoms. The van der Waals surface area contributed by atoms with Crippen LogP contribution in [0.15, 0.2) is 12.1 Å². The molecule has 0 spiro atoms. The number of carbonyl (C=O) groups excluding carboxylic acids is 1. The van der Waals surface area contributed by atoms with E-state index in [0.29, 0.717) is 15.7 Å². The number of aromatic amines is 1. The van der Waals surface area contributed by atoms with Crippen LogP contribution >= 0.6 is 23.2 Å². The summed E-state index contributed by atoms with van der Waals surface area (Å²) in [4.78, 5) is 11.7. The maximum atomic E-state index is 11.7. The summed E-state index contributed by atoms with van der Waals surface area (Å²) in [6, 6.07) is 3.41. The minimum Gasteiger partial charge on any atom is -0.317 e. The molecule has 0 radical (unpaired) electrons. The second-order valence-corrected chi connectivity index (χ2v) is 4.03. The SMILES string of the molecule is Cc1ccc(Cl)c(NC(=O)c2nn[nH]n2)c1Cl. The van der Waals surface area contributed by atoms with Gasteiger partial charge in [-0.1, -0.05) is 29.3 Å². The average Bonchev–Trinajstić information content (AvgIpc) is 2.83. The van der Waals surface area contributed by atoms with Gasteiger partial charge in [-0.3, -0.25) is 4.79 Å². The third-order valence-electron chi connectivity index (χ3n) is 2.07. The van der Waals surface area contributed by atoms with Gasteiger partial charge in [-0.2, -0.15) is 5.21 Å². The number of benzene rings is 1. The van der Waals surface area contributed by atoms with Crippen LogP contribution in [0, 0.1) is 6.92 Å². The molecular formula is C9H7Cl2N5O. The Morgan fingerprint density at radius 1 is 1.41 bits per heavy atom. The molecule has 17 heavy (non-hydrogen) atoms. The Bertz CT molecular complexity index is 555. The molecule has 1 amide bonds. The zero-order chi connectivity index (χ0) is 12.4. The lowest BCUT2D eigenvalue weighted by atomic mass is 10.2. The maximum Gasteiger partial charge on any atom is 0.297 e. The molecule has 6 nitrogen and oxygen atoms in total. The minimum atomic E-state index is -0.534. The first kappa shape index (κ1) is 11.8. The fourth-order valence-corrected chi connectivity index (χ4v) is 1.66. The zero-order valence-corrected chi connectivity index (χ0v) is 10.2. The van der Waals surface area contributed by atoms with E-state index in [1.165, 1.54) is 0 Å². The molecule has 2 N–H and O–H groups in total. The zero-order valence-electron chi connectivity index (χ0n) is 8.66. The molecule has 0 saturated heterocycles. The van der Waals surface area contributed by atoms with Crippen LogP contribution in [0.1, 0.15) is 16.2 Å². The Balaban J connectivity index is 2.31. The van der Waals surface area contributed by atoms with Gasteiger partial charge < -0.3 is 5.32 Å². The molecule has 0 aliphatic heterocycles. The van der Waals surface area contributed by atoms with Crippen molar-refractivity contribution in [2.75, 3.05) is 5.32 Å². The molecule has 0 aliphatic carbocycles. The van der Waals surface area contributed by atoms with E-state index in [9.17, 15) is 4.79 Å². The smallest absolute Gasteiger partial charge is 0.297 e. The lowest BCUT2D eigenvalue weighted by Gasteiger charge is -2.09. The number of tetrazole rings is 1. The van der Waals surface area contributed by atoms with Gasteiger partial charge in [-0.25, -0.2) is 0 Å². The van der Waals surface area contributed by atoms with Crippen molar-refractivity contribution in [2.24, 2.45) is 0 Å². The number of aryl methyl sites for hydroxylation is 1. The van der Waals surface area contributed by atoms with Crippen molar-refractivity contribution in [3.05, 3.63) is 33.6 Å². The summed E-state index contributed by atoms with van der Waals surface area (Å²) in [5, 5.41) is 15.8. The summed E-state index contributed by atoms with van der Waals surface area (Å²) >= 11 is 12.0. The molecule has 0 fully saturated rings. The van der Waals surface area contributed by atoms with Crippen molar-refractivity contribution in [2.45, 2.75) is 6.92 Å². The number of halogens is 2. The molecule has 88 valence electrons. The van der Waals surface area contributed by atoms with Gasteiger partial charge in [0.25, 0.3) is 11.7 Å². The minimum absolute atomic E-state index is 0.0846. The molecule has 0 unspecified atom stereocenters. The molecule has 1 aromatic heterocycles. The number of nitrogens with one attached hydrogen (secondary N) is 2. The molecule has 0 saturated carbocycles. The summed E-state index contributed by atoms with van der Waals surface area (Å²) < 4.78 is 0. The third-order valence-corrected chi connectivity index (χ3v) is 2.87. The van der Waals surface area contributed by atoms with Crippen molar-refractivity contribution in [1.82, 2.24) is 20.6 Å². The van der Waals surface area contributed by atoms with Crippen LogP contribution in [0.25, 0.3) is 0 Å². The average molecular weight is 272 g/mol. The number of H-pyrrole nitrogens is 1. The van der Waals surface area contributed by atoms with Crippen LogP contribution in [0.4, 0.5) is 5.69 Å². The summed E-state index contributed by atoms with van der Waals surface area (Å²) in [7, 11) is 0. The summed E-state index contributed by atoms with van der Waals surface area (Å²) in [6.07, 6.45) is 0. The van der Waals surface area contributed by atoms with E-state index in [2.05, 4.69) is 25.9 Å². The fraction of sp³-hybridized carbons (Fsp3) is 0.111. The van der Waals surface area contributed by atoms with Crippen molar-refractivity contribution >= 4 is 34.8 Å². The van der Waals surface area contributed by atoms with E-state index < -0.39 is 5.91 Å². The second-order valence-electron chi connectivity index (χ2n) is 3.24. The van der Waals surface area contributed by atoms with Crippen LogP contribution in [-0.4, -0.2) is 26.5 Å². The highest BCUT2D eigenvalue weighted by atomic mass is 35.5. The molecule has 0 atom stereocenters. The van der Waals surface area contributed by atoms with Crippen LogP contribution in [0.5, 0.6) is 0 Å². The van der Waals surface area contributed by atoms with Gasteiger partial charge in [0.1, 0.15) is 0 Å². The fourth-order valence-electron chi connectivity index (χ4n) is 1.20. The topological polar surface area (TPSA) is 83.6 Å². The molecule has 1 heterocycles. The number of nitrogens with zero attached hydrogens (tertiary/aromatic N) is 3. The van der Waals surface area contributed by atoms with Gasteiger partial charge in [0.15, 0.2) is 0 Å². The Morgan fingerprint density at radius 3 is 2.82 bits per heavy atom. The number of aromatic nitrogens is 4. The van der Waals surface area contributed by atoms with Crippen molar-refractivity contribution < 1.29 is 4.79 Å². The van der Waals surface area contributed by atoms with Crippen molar-refractivity contribution in [1.29, 1.82) is 0 Å². The number of carbonyl (C=O) groups is 1. The molecule has 2 rings (SSSR count). The van der Waals surface area contributed by atoms with Gasteiger partial charge in [-0.15, -0.1) is 10.2 Å². The molecule has 0 aliphatic rings. The summed E-state index contributed by atoms with van der Waals surface area (Å²) in [6.45, 7) is 1.81. The normalized spacial score (nSPS) is 10.3. The van der Waals surface area contributed by atoms with Crippen molar-refractivity contribution in [3.8, 4) is 0 Å². The largest absolute Gasteiger partial charge is 0.317 e. The first-order valence-electron chi connectivity index (χ1n) is 4.59. The van der Waals surface area contributed by atoms with Gasteiger partial charge in [0.05, 0.1) is 15.7 Å². The monoisotopic (exact) mass is 271 g/mol. The maximum absolute atomic E-state index is 11.7. The van der Waals surface area contributed by atoms with E-state index >= 15 is 0 Å². The summed E-state index contributed by atoms with van der Waals surface area (Å²) in [5.41, 5.74) is 1.14. The first-order valence-corrected chi connectivity index (χ1v) is 5.34. The number of anilines is 1. The van der Waals surface area contributed by atoms with E-state index in [-0.39, 0.29) is 5.82 Å². The first-order chi connectivity index (χ1) is 8.09. The lowest BCUT2D eigenvalue weighted by Crippen LogP contribution is -2.14. The number of hydrogen-bond acceptors (Lipinski definition) is 4. The van der Waals surface area contributed by atoms with Gasteiger partial charge in [-0.05, 0) is 23.8 Å². The van der Waals surface area contributed by atoms with Crippen LogP contribution in [0.2, 0.25) is 10.0 Å². The lowest BCUT2D eigenvalue weighted by molar-refractivity contribution is 0.101. The summed E-state index contributed by atoms with van der Waals surface area (Å²) in [5.74, 6) is -0.619. The third kappa shape index (κ3) is 2.37. The number of amides is 1. The highest BCUT2D eigenvalue weighted by Crippen LogP contribution is 2.32. The quantitative estimate of drug-likeness (QED) is 0.876. The van der Waals surface area contributed by atoms with Crippen LogP contribution in [-0.2, 0) is 0 Å². The highest BCUT2D eigenvalue weighted by Gasteiger charge is 2.15. The molecule has 0 bridgehead atoms. The Labute approximate surface area is 106 Å². The van der Waals surface area contributed by atoms with E-state index in [1.807, 2.05) is 6.92 Å². The van der Waals surface area contributed by atoms with Crippen LogP contribution in [0.3, 0.4) is 0 Å². The van der Waals surface area contributed by atoms with Crippen LogP contribution < -0.4 is 5.32 Å². The molecule has 1 aromatic carbocycles. The van der Waals surface area contributed by atoms with Crippen molar-refractivity contribution in [3.63, 3.8) is 0 Å². The van der Waals surface area contributed by atoms with Gasteiger partial charge >= 0.3 is 0 Å². The number of hydrogen-bond donors (Lipinski definition) is 2. The number of rotatable bonds is 2. The Morgan fingerprint density at radius 2 is 2.18 bits per heavy atom. The second kappa shape index (κ2) is 4.68. The molecule has 2 aromatic rings. The Hall–Kier alpha value is -1.66. The highest BCUT2D eigenvalue weighted by molar-refractivity contribution is 6.40. The van der Waals surface area contributed by atoms with E-state index in [4.69, 9.17) is 23.2 Å². The van der Waals surface area contributed by atoms with E-state index in [1.54, 1.807) is 12.1 Å². The van der Waals surface area contributed by atoms with E-state index in [0.717, 1.165) is 5.56 Å². The predicted molar refractivity (Wildman–Crippen MR) is 63.3 cm³/mol. The van der Waals surface area contributed by atoms with Gasteiger partial charge in [0.2, 0.25) is 0 Å². The van der Waals surface area contributed by atoms with Gasteiger partial charge in [0, 0.05) is 0 Å². The molecular weight excluding hydrogens is 265 g/mol.